The maximum Gasteiger partial charge on any atom is 0.329 e. The van der Waals surface area contributed by atoms with Gasteiger partial charge in [-0.05, 0) is 113 Å². The first-order valence-electron chi connectivity index (χ1n) is 24.2. The van der Waals surface area contributed by atoms with Gasteiger partial charge in [0.1, 0.15) is 30.1 Å². The molecule has 3 heterocycles. The lowest BCUT2D eigenvalue weighted by molar-refractivity contribution is -0.231. The van der Waals surface area contributed by atoms with Gasteiger partial charge in [-0.25, -0.2) is 9.18 Å². The first kappa shape index (κ1) is 54.2. The van der Waals surface area contributed by atoms with Crippen molar-refractivity contribution in [3.63, 3.8) is 0 Å². The molecule has 12 nitrogen and oxygen atoms in total. The van der Waals surface area contributed by atoms with Crippen LogP contribution < -0.4 is 0 Å². The van der Waals surface area contributed by atoms with Crippen LogP contribution in [0.5, 0.6) is 0 Å². The molecule has 366 valence electrons. The van der Waals surface area contributed by atoms with E-state index in [0.717, 1.165) is 10.5 Å². The Morgan fingerprint density at radius 2 is 1.62 bits per heavy atom. The minimum Gasteiger partial charge on any atom is -0.460 e. The number of fused-ring (bicyclic) bond motifs is 3. The number of aliphatic hydroxyl groups excluding tert-OH is 2. The molecule has 1 aliphatic carbocycles. The summed E-state index contributed by atoms with van der Waals surface area (Å²) in [6, 6.07) is -1.18. The van der Waals surface area contributed by atoms with Gasteiger partial charge in [-0.2, -0.15) is 0 Å². The van der Waals surface area contributed by atoms with Crippen molar-refractivity contribution >= 4 is 29.2 Å². The third kappa shape index (κ3) is 14.1. The minimum absolute atomic E-state index is 0.0257. The third-order valence-electron chi connectivity index (χ3n) is 14.9. The number of methoxy groups -OCH3 is 2. The average molecular weight is 914 g/mol. The van der Waals surface area contributed by atoms with Crippen molar-refractivity contribution in [3.8, 4) is 0 Å². The Kier molecular flexibility index (Phi) is 20.1. The molecule has 13 heteroatoms. The number of esters is 1. The molecular formula is C52H80FNO11. The van der Waals surface area contributed by atoms with Crippen LogP contribution in [0.4, 0.5) is 4.39 Å². The number of carbonyl (C=O) groups excluding carboxylic acids is 5. The number of carbonyl (C=O) groups is 5. The van der Waals surface area contributed by atoms with E-state index >= 15 is 4.39 Å². The highest BCUT2D eigenvalue weighted by molar-refractivity contribution is 6.39. The minimum atomic E-state index is -2.89. The van der Waals surface area contributed by atoms with Crippen molar-refractivity contribution in [2.24, 2.45) is 40.9 Å². The van der Waals surface area contributed by atoms with E-state index in [4.69, 9.17) is 18.9 Å². The number of nitrogens with zero attached hydrogens (tertiary/aromatic N) is 1. The molecule has 0 aromatic carbocycles. The molecular weight excluding hydrogens is 834 g/mol. The molecule has 2 unspecified atom stereocenters. The molecule has 0 spiro atoms. The molecule has 3 aliphatic heterocycles. The molecule has 2 saturated heterocycles. The Morgan fingerprint density at radius 3 is 2.29 bits per heavy atom. The molecule has 1 saturated carbocycles. The smallest absolute Gasteiger partial charge is 0.329 e. The highest BCUT2D eigenvalue weighted by atomic mass is 19.2. The molecule has 1 amide bonds. The third-order valence-corrected chi connectivity index (χ3v) is 14.9. The summed E-state index contributed by atoms with van der Waals surface area (Å²) >= 11 is 0. The van der Waals surface area contributed by atoms with Crippen LogP contribution in [-0.2, 0) is 42.9 Å². The van der Waals surface area contributed by atoms with Crippen LogP contribution >= 0.6 is 0 Å². The van der Waals surface area contributed by atoms with E-state index in [-0.39, 0.29) is 54.8 Å². The lowest BCUT2D eigenvalue weighted by Gasteiger charge is -2.42. The number of amides is 1. The second kappa shape index (κ2) is 24.1. The second-order valence-corrected chi connectivity index (χ2v) is 20.6. The predicted molar refractivity (Wildman–Crippen MR) is 247 cm³/mol. The molecule has 2 N–H and O–H groups in total. The first-order valence-corrected chi connectivity index (χ1v) is 24.2. The van der Waals surface area contributed by atoms with Gasteiger partial charge in [0.2, 0.25) is 0 Å². The number of alkyl halides is 1. The van der Waals surface area contributed by atoms with Gasteiger partial charge < -0.3 is 34.1 Å². The number of halogens is 1. The van der Waals surface area contributed by atoms with Crippen molar-refractivity contribution in [2.45, 2.75) is 188 Å². The summed E-state index contributed by atoms with van der Waals surface area (Å²) in [5.74, 6) is -8.96. The van der Waals surface area contributed by atoms with Gasteiger partial charge in [0, 0.05) is 44.9 Å². The molecule has 14 atom stereocenters. The van der Waals surface area contributed by atoms with Gasteiger partial charge in [0.25, 0.3) is 17.5 Å². The van der Waals surface area contributed by atoms with E-state index in [1.807, 2.05) is 71.9 Å². The number of Topliss-reactive ketones (excluding diaryl/α,β-unsaturated/α-hetero) is 3. The number of ether oxygens (including phenoxy) is 4. The largest absolute Gasteiger partial charge is 0.460 e. The number of hydrogen-bond donors (Lipinski definition) is 2. The van der Waals surface area contributed by atoms with E-state index in [2.05, 4.69) is 0 Å². The molecule has 0 aromatic rings. The van der Waals surface area contributed by atoms with Crippen molar-refractivity contribution < 1.29 is 57.5 Å². The first-order chi connectivity index (χ1) is 30.5. The zero-order valence-electron chi connectivity index (χ0n) is 41.1. The molecule has 2 bridgehead atoms. The number of rotatable bonds is 5. The zero-order chi connectivity index (χ0) is 48.4. The maximum atomic E-state index is 17.1. The van der Waals surface area contributed by atoms with E-state index in [0.29, 0.717) is 69.8 Å². The average Bonchev–Trinajstić information content (AvgIpc) is 3.26. The summed E-state index contributed by atoms with van der Waals surface area (Å²) in [5.41, 5.74) is 0.941. The summed E-state index contributed by atoms with van der Waals surface area (Å²) in [6.07, 6.45) is 11.6. The summed E-state index contributed by atoms with van der Waals surface area (Å²) in [7, 11) is 2.94. The van der Waals surface area contributed by atoms with E-state index in [9.17, 15) is 34.2 Å². The SMILES string of the molecule is CO[C@@H]1C[C@H](C[C@@H](C)[C@@H]2CC(=O)[C@H](C)/C=C(\C)[C@@H](O)[C@@H](OC)C(=O)[C@H](C)C[C@H](C)/C=C/C=C/C=C(\C)C(C)(C)C[C@@H]3CC[C@@H](C)C(F)(O3)C(=O)C(=O)N3CCCCC3C(=O)O2)CC[C@H]1O. The number of piperidine rings is 1. The van der Waals surface area contributed by atoms with Gasteiger partial charge >= 0.3 is 5.97 Å². The van der Waals surface area contributed by atoms with Gasteiger partial charge in [0.05, 0.1) is 18.3 Å². The van der Waals surface area contributed by atoms with Crippen molar-refractivity contribution in [2.75, 3.05) is 20.8 Å². The summed E-state index contributed by atoms with van der Waals surface area (Å²) in [4.78, 5) is 71.6. The van der Waals surface area contributed by atoms with Crippen LogP contribution in [0.1, 0.15) is 139 Å². The normalized spacial score (nSPS) is 40.1. The quantitative estimate of drug-likeness (QED) is 0.155. The fourth-order valence-corrected chi connectivity index (χ4v) is 10.2. The van der Waals surface area contributed by atoms with E-state index in [1.165, 1.54) is 7.11 Å². The molecule has 4 rings (SSSR count). The van der Waals surface area contributed by atoms with Crippen molar-refractivity contribution in [1.82, 2.24) is 4.90 Å². The topological polar surface area (TPSA) is 166 Å². The lowest BCUT2D eigenvalue weighted by Crippen LogP contribution is -2.59. The van der Waals surface area contributed by atoms with Crippen LogP contribution in [-0.4, -0.2) is 114 Å². The monoisotopic (exact) mass is 914 g/mol. The summed E-state index contributed by atoms with van der Waals surface area (Å²) in [5, 5.41) is 21.9. The van der Waals surface area contributed by atoms with Gasteiger partial charge in [0.15, 0.2) is 5.78 Å². The standard InChI is InChI=1S/C52H80FNO11/c1-31-17-13-12-14-18-36(6)51(8,9)30-39-22-20-37(7)52(53,65-39)48(59)49(60)54-24-16-15-19-40(54)50(61)64-43(33(3)27-38-21-23-41(55)44(28-38)62-10)29-42(56)32(2)26-35(5)46(58)47(63-11)45(57)34(4)25-31/h12-14,17-18,26,31-34,37-41,43-44,46-47,55,58H,15-16,19-25,27-30H2,1-11H3/b14-12+,17-13+,35-26+,36-18+/t31-,32-,33-,34-,37-,38+,39+,40?,41-,43+,44-,46-,47+,52?/m1/s1. The van der Waals surface area contributed by atoms with E-state index < -0.39 is 83.2 Å². The Balaban J connectivity index is 1.71. The fraction of sp³-hybridized carbons (Fsp3) is 0.750. The summed E-state index contributed by atoms with van der Waals surface area (Å²) in [6.45, 7) is 16.7. The van der Waals surface area contributed by atoms with Gasteiger partial charge in [-0.15, -0.1) is 0 Å². The van der Waals surface area contributed by atoms with Crippen LogP contribution in [0.25, 0.3) is 0 Å². The number of hydrogen-bond acceptors (Lipinski definition) is 11. The molecule has 0 radical (unpaired) electrons. The number of ketones is 3. The van der Waals surface area contributed by atoms with Crippen LogP contribution in [0.2, 0.25) is 0 Å². The Morgan fingerprint density at radius 1 is 0.908 bits per heavy atom. The number of cyclic esters (lactones) is 1. The highest BCUT2D eigenvalue weighted by Crippen LogP contribution is 2.43. The highest BCUT2D eigenvalue weighted by Gasteiger charge is 2.55. The van der Waals surface area contributed by atoms with Crippen LogP contribution in [0, 0.1) is 40.9 Å². The fourth-order valence-electron chi connectivity index (χ4n) is 10.2. The van der Waals surface area contributed by atoms with Gasteiger partial charge in [-0.3, -0.25) is 19.2 Å². The molecule has 0 aromatic heterocycles. The number of aliphatic hydroxyl groups is 2. The van der Waals surface area contributed by atoms with Crippen molar-refractivity contribution in [3.05, 3.63) is 47.6 Å². The maximum absolute atomic E-state index is 17.1. The zero-order valence-corrected chi connectivity index (χ0v) is 41.1. The molecule has 65 heavy (non-hydrogen) atoms. The lowest BCUT2D eigenvalue weighted by atomic mass is 9.77. The molecule has 4 aliphatic rings. The summed E-state index contributed by atoms with van der Waals surface area (Å²) < 4.78 is 40.5. The Bertz CT molecular complexity index is 1790. The Labute approximate surface area is 387 Å². The second-order valence-electron chi connectivity index (χ2n) is 20.6. The van der Waals surface area contributed by atoms with E-state index in [1.54, 1.807) is 34.0 Å². The Hall–Kier alpha value is -3.36. The molecule has 3 fully saturated rings. The van der Waals surface area contributed by atoms with Crippen LogP contribution in [0.15, 0.2) is 47.6 Å². The number of allylic oxidation sites excluding steroid dienone is 7. The van der Waals surface area contributed by atoms with Gasteiger partial charge in [-0.1, -0.05) is 90.5 Å². The van der Waals surface area contributed by atoms with Crippen LogP contribution in [0.3, 0.4) is 0 Å². The van der Waals surface area contributed by atoms with Crippen molar-refractivity contribution in [1.29, 1.82) is 0 Å². The predicted octanol–water partition coefficient (Wildman–Crippen LogP) is 8.17.